The van der Waals surface area contributed by atoms with E-state index in [0.29, 0.717) is 5.69 Å². The summed E-state index contributed by atoms with van der Waals surface area (Å²) in [6, 6.07) is 8.46. The largest absolute Gasteiger partial charge is 0.459 e. The van der Waals surface area contributed by atoms with E-state index in [1.165, 1.54) is 41.5 Å². The molecule has 5 nitrogen and oxygen atoms in total. The third-order valence-electron chi connectivity index (χ3n) is 2.93. The molecule has 0 fully saturated rings. The maximum atomic E-state index is 13.1. The van der Waals surface area contributed by atoms with Gasteiger partial charge >= 0.3 is 0 Å². The summed E-state index contributed by atoms with van der Waals surface area (Å²) in [6.07, 6.45) is 1.38. The summed E-state index contributed by atoms with van der Waals surface area (Å²) in [7, 11) is 0. The number of anilines is 1. The number of hydrogen-bond acceptors (Lipinski definition) is 3. The van der Waals surface area contributed by atoms with Crippen LogP contribution in [0.25, 0.3) is 0 Å². The third kappa shape index (κ3) is 4.67. The van der Waals surface area contributed by atoms with Gasteiger partial charge in [0.25, 0.3) is 5.91 Å². The zero-order valence-corrected chi connectivity index (χ0v) is 13.3. The average molecular weight is 318 g/mol. The Bertz CT molecular complexity index is 673. The molecule has 0 bridgehead atoms. The lowest BCUT2D eigenvalue weighted by molar-refractivity contribution is -0.121. The lowest BCUT2D eigenvalue weighted by Gasteiger charge is -2.25. The predicted molar refractivity (Wildman–Crippen MR) is 84.7 cm³/mol. The normalized spacial score (nSPS) is 11.1. The van der Waals surface area contributed by atoms with Crippen molar-refractivity contribution in [2.24, 2.45) is 0 Å². The van der Waals surface area contributed by atoms with Gasteiger partial charge in [-0.1, -0.05) is 0 Å². The van der Waals surface area contributed by atoms with Crippen molar-refractivity contribution in [3.05, 3.63) is 54.2 Å². The third-order valence-corrected chi connectivity index (χ3v) is 2.93. The molecule has 2 aromatic rings. The number of nitrogens with zero attached hydrogens (tertiary/aromatic N) is 1. The predicted octanol–water partition coefficient (Wildman–Crippen LogP) is 2.98. The van der Waals surface area contributed by atoms with Gasteiger partial charge in [-0.25, -0.2) is 4.39 Å². The Balaban J connectivity index is 2.26. The number of nitrogens with one attached hydrogen (secondary N) is 1. The summed E-state index contributed by atoms with van der Waals surface area (Å²) in [4.78, 5) is 26.0. The molecule has 0 aliphatic rings. The number of carbonyl (C=O) groups excluding carboxylic acids is 2. The van der Waals surface area contributed by atoms with Gasteiger partial charge in [0.15, 0.2) is 5.76 Å². The van der Waals surface area contributed by atoms with Crippen molar-refractivity contribution in [3.8, 4) is 0 Å². The number of benzene rings is 1. The molecule has 1 aromatic carbocycles. The van der Waals surface area contributed by atoms with Gasteiger partial charge in [0.1, 0.15) is 12.4 Å². The molecule has 1 heterocycles. The molecule has 0 aliphatic heterocycles. The van der Waals surface area contributed by atoms with Crippen LogP contribution in [0.1, 0.15) is 31.3 Å². The first-order chi connectivity index (χ1) is 10.8. The average Bonchev–Trinajstić information content (AvgIpc) is 2.97. The molecule has 0 aliphatic carbocycles. The van der Waals surface area contributed by atoms with E-state index in [4.69, 9.17) is 4.42 Å². The van der Waals surface area contributed by atoms with Crippen LogP contribution in [0.5, 0.6) is 0 Å². The Hall–Kier alpha value is -2.63. The van der Waals surface area contributed by atoms with Crippen LogP contribution >= 0.6 is 0 Å². The van der Waals surface area contributed by atoms with Gasteiger partial charge in [-0.2, -0.15) is 0 Å². The van der Waals surface area contributed by atoms with Gasteiger partial charge in [0.05, 0.1) is 6.26 Å². The SMILES string of the molecule is CC(C)(C)NC(=O)CN(C(=O)c1ccco1)c1ccc(F)cc1. The summed E-state index contributed by atoms with van der Waals surface area (Å²) in [5.74, 6) is -1.09. The van der Waals surface area contributed by atoms with Crippen LogP contribution in [-0.4, -0.2) is 23.9 Å². The quantitative estimate of drug-likeness (QED) is 0.942. The zero-order valence-electron chi connectivity index (χ0n) is 13.3. The van der Waals surface area contributed by atoms with Crippen LogP contribution in [0, 0.1) is 5.82 Å². The Morgan fingerprint density at radius 3 is 2.35 bits per heavy atom. The van der Waals surface area contributed by atoms with Crippen molar-refractivity contribution in [1.29, 1.82) is 0 Å². The van der Waals surface area contributed by atoms with E-state index in [0.717, 1.165) is 0 Å². The fourth-order valence-electron chi connectivity index (χ4n) is 2.04. The summed E-state index contributed by atoms with van der Waals surface area (Å²) in [5.41, 5.74) is -0.00362. The number of amides is 2. The van der Waals surface area contributed by atoms with Crippen LogP contribution in [0.2, 0.25) is 0 Å². The molecule has 2 rings (SSSR count). The first-order valence-electron chi connectivity index (χ1n) is 7.18. The van der Waals surface area contributed by atoms with E-state index in [2.05, 4.69) is 5.32 Å². The minimum absolute atomic E-state index is 0.109. The summed E-state index contributed by atoms with van der Waals surface area (Å²) in [5, 5.41) is 2.79. The highest BCUT2D eigenvalue weighted by Gasteiger charge is 2.24. The van der Waals surface area contributed by atoms with Gasteiger partial charge < -0.3 is 9.73 Å². The van der Waals surface area contributed by atoms with Gasteiger partial charge in [-0.15, -0.1) is 0 Å². The van der Waals surface area contributed by atoms with Crippen molar-refractivity contribution < 1.29 is 18.4 Å². The summed E-state index contributed by atoms with van der Waals surface area (Å²) >= 11 is 0. The van der Waals surface area contributed by atoms with Crippen LogP contribution in [-0.2, 0) is 4.79 Å². The van der Waals surface area contributed by atoms with E-state index < -0.39 is 17.3 Å². The molecule has 6 heteroatoms. The fourth-order valence-corrected chi connectivity index (χ4v) is 2.04. The molecule has 1 aromatic heterocycles. The number of halogens is 1. The number of hydrogen-bond donors (Lipinski definition) is 1. The molecule has 0 radical (unpaired) electrons. The fraction of sp³-hybridized carbons (Fsp3) is 0.294. The van der Waals surface area contributed by atoms with E-state index >= 15 is 0 Å². The van der Waals surface area contributed by atoms with Crippen LogP contribution in [0.15, 0.2) is 47.1 Å². The maximum Gasteiger partial charge on any atom is 0.294 e. The smallest absolute Gasteiger partial charge is 0.294 e. The van der Waals surface area contributed by atoms with Crippen molar-refractivity contribution in [2.45, 2.75) is 26.3 Å². The monoisotopic (exact) mass is 318 g/mol. The molecule has 23 heavy (non-hydrogen) atoms. The number of rotatable bonds is 4. The summed E-state index contributed by atoms with van der Waals surface area (Å²) in [6.45, 7) is 5.35. The van der Waals surface area contributed by atoms with Crippen molar-refractivity contribution in [2.75, 3.05) is 11.4 Å². The Morgan fingerprint density at radius 2 is 1.83 bits per heavy atom. The molecule has 122 valence electrons. The van der Waals surface area contributed by atoms with Crippen LogP contribution in [0.3, 0.4) is 0 Å². The molecule has 1 N–H and O–H groups in total. The highest BCUT2D eigenvalue weighted by atomic mass is 19.1. The molecular weight excluding hydrogens is 299 g/mol. The molecule has 2 amide bonds. The van der Waals surface area contributed by atoms with Gasteiger partial charge in [0, 0.05) is 11.2 Å². The van der Waals surface area contributed by atoms with E-state index in [9.17, 15) is 14.0 Å². The Kier molecular flexibility index (Phi) is 4.83. The maximum absolute atomic E-state index is 13.1. The van der Waals surface area contributed by atoms with Gasteiger partial charge in [0.2, 0.25) is 5.91 Å². The van der Waals surface area contributed by atoms with E-state index in [1.807, 2.05) is 20.8 Å². The standard InChI is InChI=1S/C17H19FN2O3/c1-17(2,3)19-15(21)11-20(13-8-6-12(18)7-9-13)16(22)14-5-4-10-23-14/h4-10H,11H2,1-3H3,(H,19,21). The molecular formula is C17H19FN2O3. The molecule has 0 saturated heterocycles. The van der Waals surface area contributed by atoms with Gasteiger partial charge in [-0.05, 0) is 57.2 Å². The summed E-state index contributed by atoms with van der Waals surface area (Å²) < 4.78 is 18.2. The second kappa shape index (κ2) is 6.64. The van der Waals surface area contributed by atoms with E-state index in [-0.39, 0.29) is 18.2 Å². The van der Waals surface area contributed by atoms with Crippen molar-refractivity contribution in [3.63, 3.8) is 0 Å². The zero-order chi connectivity index (χ0) is 17.0. The Morgan fingerprint density at radius 1 is 1.17 bits per heavy atom. The van der Waals surface area contributed by atoms with Crippen LogP contribution < -0.4 is 10.2 Å². The first kappa shape index (κ1) is 16.7. The van der Waals surface area contributed by atoms with Crippen LogP contribution in [0.4, 0.5) is 10.1 Å². The second-order valence-corrected chi connectivity index (χ2v) is 6.14. The lowest BCUT2D eigenvalue weighted by Crippen LogP contribution is -2.47. The number of carbonyl (C=O) groups is 2. The molecule has 0 saturated carbocycles. The minimum Gasteiger partial charge on any atom is -0.459 e. The molecule has 0 atom stereocenters. The topological polar surface area (TPSA) is 62.6 Å². The lowest BCUT2D eigenvalue weighted by atomic mass is 10.1. The molecule has 0 spiro atoms. The number of furan rings is 1. The Labute approximate surface area is 134 Å². The highest BCUT2D eigenvalue weighted by molar-refractivity contribution is 6.07. The van der Waals surface area contributed by atoms with Crippen molar-refractivity contribution >= 4 is 17.5 Å². The second-order valence-electron chi connectivity index (χ2n) is 6.14. The minimum atomic E-state index is -0.467. The van der Waals surface area contributed by atoms with Crippen molar-refractivity contribution in [1.82, 2.24) is 5.32 Å². The molecule has 0 unspecified atom stereocenters. The highest BCUT2D eigenvalue weighted by Crippen LogP contribution is 2.18. The van der Waals surface area contributed by atoms with Gasteiger partial charge in [-0.3, -0.25) is 14.5 Å². The first-order valence-corrected chi connectivity index (χ1v) is 7.18. The van der Waals surface area contributed by atoms with E-state index in [1.54, 1.807) is 6.07 Å².